The summed E-state index contributed by atoms with van der Waals surface area (Å²) < 4.78 is 0. The Kier molecular flexibility index (Phi) is 1.93. The number of nitrogens with zero attached hydrogens (tertiary/aromatic N) is 1. The van der Waals surface area contributed by atoms with E-state index >= 15 is 0 Å². The topological polar surface area (TPSA) is 12.4 Å². The van der Waals surface area contributed by atoms with Gasteiger partial charge in [-0.15, -0.1) is 0 Å². The summed E-state index contributed by atoms with van der Waals surface area (Å²) in [6.45, 7) is 7.61. The first kappa shape index (κ1) is 7.52. The summed E-state index contributed by atoms with van der Waals surface area (Å²) >= 11 is 0. The quantitative estimate of drug-likeness (QED) is 0.455. The number of rotatable bonds is 0. The van der Waals surface area contributed by atoms with Crippen molar-refractivity contribution in [3.63, 3.8) is 0 Å². The van der Waals surface area contributed by atoms with Crippen molar-refractivity contribution in [3.8, 4) is 0 Å². The molecule has 0 N–H and O–H groups in total. The van der Waals surface area contributed by atoms with E-state index in [2.05, 4.69) is 31.8 Å². The molecule has 56 valence electrons. The van der Waals surface area contributed by atoms with Gasteiger partial charge in [-0.1, -0.05) is 26.8 Å². The van der Waals surface area contributed by atoms with Crippen molar-refractivity contribution in [2.75, 3.05) is 6.54 Å². The lowest BCUT2D eigenvalue weighted by Gasteiger charge is -2.23. The van der Waals surface area contributed by atoms with Crippen LogP contribution >= 0.6 is 0 Å². The monoisotopic (exact) mass is 137 g/mol. The fourth-order valence-corrected chi connectivity index (χ4v) is 1.04. The van der Waals surface area contributed by atoms with Crippen LogP contribution in [0.1, 0.15) is 27.2 Å². The fraction of sp³-hybridized carbons (Fsp3) is 0.667. The molecule has 0 aliphatic carbocycles. The van der Waals surface area contributed by atoms with Crippen LogP contribution in [0.4, 0.5) is 0 Å². The van der Waals surface area contributed by atoms with E-state index in [9.17, 15) is 0 Å². The molecule has 0 bridgehead atoms. The van der Waals surface area contributed by atoms with Crippen molar-refractivity contribution in [2.45, 2.75) is 27.2 Å². The maximum atomic E-state index is 4.23. The van der Waals surface area contributed by atoms with Crippen LogP contribution in [0.3, 0.4) is 0 Å². The summed E-state index contributed by atoms with van der Waals surface area (Å²) in [6.07, 6.45) is 5.29. The maximum absolute atomic E-state index is 4.23. The summed E-state index contributed by atoms with van der Waals surface area (Å²) in [7, 11) is 0. The molecule has 0 atom stereocenters. The second-order valence-corrected chi connectivity index (χ2v) is 3.74. The minimum Gasteiger partial charge on any atom is -0.293 e. The van der Waals surface area contributed by atoms with Crippen molar-refractivity contribution in [1.82, 2.24) is 0 Å². The second kappa shape index (κ2) is 2.57. The van der Waals surface area contributed by atoms with Crippen molar-refractivity contribution in [1.29, 1.82) is 0 Å². The molecular formula is C9H15N. The minimum atomic E-state index is 0.317. The predicted octanol–water partition coefficient (Wildman–Crippen LogP) is 2.43. The molecule has 1 nitrogen and oxygen atoms in total. The standard InChI is InChI=1S/C9H15N/c1-9(2,3)8-5-4-6-10-7-8/h5-6H,4,7H2,1-3H3. The van der Waals surface area contributed by atoms with Crippen LogP contribution in [0.15, 0.2) is 16.6 Å². The number of dihydropyridines is 1. The molecule has 1 aliphatic rings. The average molecular weight is 137 g/mol. The molecule has 0 unspecified atom stereocenters. The molecule has 1 aliphatic heterocycles. The molecule has 0 saturated carbocycles. The van der Waals surface area contributed by atoms with Crippen LogP contribution in [0.25, 0.3) is 0 Å². The third kappa shape index (κ3) is 1.69. The third-order valence-corrected chi connectivity index (χ3v) is 1.82. The molecule has 1 heteroatoms. The van der Waals surface area contributed by atoms with Gasteiger partial charge in [0, 0.05) is 12.6 Å². The first-order chi connectivity index (χ1) is 4.61. The van der Waals surface area contributed by atoms with Gasteiger partial charge in [0.15, 0.2) is 0 Å². The Hall–Kier alpha value is -0.590. The fourth-order valence-electron chi connectivity index (χ4n) is 1.04. The highest BCUT2D eigenvalue weighted by Gasteiger charge is 2.16. The van der Waals surface area contributed by atoms with Gasteiger partial charge in [-0.2, -0.15) is 0 Å². The Morgan fingerprint density at radius 1 is 1.40 bits per heavy atom. The first-order valence-corrected chi connectivity index (χ1v) is 3.78. The van der Waals surface area contributed by atoms with Crippen LogP contribution in [-0.2, 0) is 0 Å². The van der Waals surface area contributed by atoms with E-state index in [-0.39, 0.29) is 0 Å². The van der Waals surface area contributed by atoms with Gasteiger partial charge in [-0.05, 0) is 11.0 Å². The Bertz CT molecular complexity index is 170. The SMILES string of the molecule is CC(C)(C)C1=CCC=NC1. The Labute approximate surface area is 62.9 Å². The normalized spacial score (nSPS) is 18.9. The number of hydrogen-bond donors (Lipinski definition) is 0. The summed E-state index contributed by atoms with van der Waals surface area (Å²) in [5.41, 5.74) is 1.78. The lowest BCUT2D eigenvalue weighted by atomic mass is 9.85. The summed E-state index contributed by atoms with van der Waals surface area (Å²) in [6, 6.07) is 0. The number of hydrogen-bond acceptors (Lipinski definition) is 1. The third-order valence-electron chi connectivity index (χ3n) is 1.82. The molecule has 1 heterocycles. The Morgan fingerprint density at radius 3 is 2.40 bits per heavy atom. The van der Waals surface area contributed by atoms with Gasteiger partial charge < -0.3 is 0 Å². The molecule has 0 saturated heterocycles. The highest BCUT2D eigenvalue weighted by atomic mass is 14.7. The molecule has 0 spiro atoms. The van der Waals surface area contributed by atoms with Gasteiger partial charge in [0.25, 0.3) is 0 Å². The molecule has 0 radical (unpaired) electrons. The first-order valence-electron chi connectivity index (χ1n) is 3.78. The highest BCUT2D eigenvalue weighted by molar-refractivity contribution is 5.61. The zero-order valence-corrected chi connectivity index (χ0v) is 7.02. The molecule has 0 aromatic carbocycles. The van der Waals surface area contributed by atoms with Crippen molar-refractivity contribution >= 4 is 6.21 Å². The van der Waals surface area contributed by atoms with Crippen molar-refractivity contribution in [3.05, 3.63) is 11.6 Å². The van der Waals surface area contributed by atoms with Crippen LogP contribution in [0.5, 0.6) is 0 Å². The highest BCUT2D eigenvalue weighted by Crippen LogP contribution is 2.26. The Morgan fingerprint density at radius 2 is 2.10 bits per heavy atom. The average Bonchev–Trinajstić information content (AvgIpc) is 1.88. The van der Waals surface area contributed by atoms with E-state index in [1.54, 1.807) is 0 Å². The van der Waals surface area contributed by atoms with E-state index in [0.29, 0.717) is 5.41 Å². The van der Waals surface area contributed by atoms with E-state index in [4.69, 9.17) is 0 Å². The van der Waals surface area contributed by atoms with E-state index in [0.717, 1.165) is 13.0 Å². The van der Waals surface area contributed by atoms with Gasteiger partial charge in [-0.25, -0.2) is 0 Å². The molecule has 0 fully saturated rings. The molecule has 0 aromatic heterocycles. The molecule has 0 amide bonds. The van der Waals surface area contributed by atoms with Gasteiger partial charge in [-0.3, -0.25) is 4.99 Å². The van der Waals surface area contributed by atoms with Crippen LogP contribution in [0, 0.1) is 5.41 Å². The van der Waals surface area contributed by atoms with Gasteiger partial charge in [0.1, 0.15) is 0 Å². The zero-order chi connectivity index (χ0) is 7.61. The minimum absolute atomic E-state index is 0.317. The predicted molar refractivity (Wildman–Crippen MR) is 45.5 cm³/mol. The van der Waals surface area contributed by atoms with Crippen LogP contribution in [-0.4, -0.2) is 12.8 Å². The summed E-state index contributed by atoms with van der Waals surface area (Å²) in [5, 5.41) is 0. The maximum Gasteiger partial charge on any atom is 0.0601 e. The van der Waals surface area contributed by atoms with Gasteiger partial charge in [0.2, 0.25) is 0 Å². The van der Waals surface area contributed by atoms with Gasteiger partial charge >= 0.3 is 0 Å². The van der Waals surface area contributed by atoms with E-state index < -0.39 is 0 Å². The molecule has 1 rings (SSSR count). The molecule has 10 heavy (non-hydrogen) atoms. The smallest absolute Gasteiger partial charge is 0.0601 e. The van der Waals surface area contributed by atoms with E-state index in [1.807, 2.05) is 6.21 Å². The summed E-state index contributed by atoms with van der Waals surface area (Å²) in [5.74, 6) is 0. The van der Waals surface area contributed by atoms with E-state index in [1.165, 1.54) is 5.57 Å². The van der Waals surface area contributed by atoms with Gasteiger partial charge in [0.05, 0.1) is 6.54 Å². The zero-order valence-electron chi connectivity index (χ0n) is 7.02. The van der Waals surface area contributed by atoms with Crippen LogP contribution < -0.4 is 0 Å². The summed E-state index contributed by atoms with van der Waals surface area (Å²) in [4.78, 5) is 4.23. The number of aliphatic imine (C=N–C) groups is 1. The number of allylic oxidation sites excluding steroid dienone is 1. The van der Waals surface area contributed by atoms with Crippen molar-refractivity contribution in [2.24, 2.45) is 10.4 Å². The van der Waals surface area contributed by atoms with Crippen LogP contribution in [0.2, 0.25) is 0 Å². The Balaban J connectivity index is 2.65. The lowest BCUT2D eigenvalue weighted by Crippen LogP contribution is -2.13. The lowest BCUT2D eigenvalue weighted by molar-refractivity contribution is 0.492. The van der Waals surface area contributed by atoms with Crippen molar-refractivity contribution < 1.29 is 0 Å². The largest absolute Gasteiger partial charge is 0.293 e. The molecule has 0 aromatic rings. The molecular weight excluding hydrogens is 122 g/mol. The second-order valence-electron chi connectivity index (χ2n) is 3.74.